The van der Waals surface area contributed by atoms with Crippen molar-refractivity contribution in [2.45, 2.75) is 31.7 Å². The Balaban J connectivity index is 0.00000180. The summed E-state index contributed by atoms with van der Waals surface area (Å²) in [4.78, 5) is 0. The van der Waals surface area contributed by atoms with Gasteiger partial charge in [-0.3, -0.25) is 0 Å². The lowest BCUT2D eigenvalue weighted by Crippen LogP contribution is -2.20. The minimum Gasteiger partial charge on any atom is -0.497 e. The summed E-state index contributed by atoms with van der Waals surface area (Å²) in [6.07, 6.45) is 9.77. The normalized spacial score (nSPS) is 19.6. The van der Waals surface area contributed by atoms with Crippen LogP contribution in [0, 0.1) is 5.92 Å². The van der Waals surface area contributed by atoms with E-state index in [-0.39, 0.29) is 12.4 Å². The van der Waals surface area contributed by atoms with Crippen molar-refractivity contribution in [2.24, 2.45) is 5.92 Å². The first-order valence-corrected chi connectivity index (χ1v) is 6.81. The van der Waals surface area contributed by atoms with Crippen LogP contribution in [-0.4, -0.2) is 14.2 Å². The van der Waals surface area contributed by atoms with E-state index < -0.39 is 0 Å². The smallest absolute Gasteiger partial charge is 0.119 e. The van der Waals surface area contributed by atoms with Crippen LogP contribution in [0.25, 0.3) is 0 Å². The average molecular weight is 282 g/mol. The third kappa shape index (κ3) is 4.55. The molecule has 3 heteroatoms. The van der Waals surface area contributed by atoms with Crippen LogP contribution in [0.2, 0.25) is 0 Å². The molecule has 2 nitrogen and oxygen atoms in total. The van der Waals surface area contributed by atoms with Crippen LogP contribution in [0.15, 0.2) is 36.4 Å². The van der Waals surface area contributed by atoms with Gasteiger partial charge < -0.3 is 10.1 Å². The van der Waals surface area contributed by atoms with Crippen molar-refractivity contribution in [1.29, 1.82) is 0 Å². The Morgan fingerprint density at radius 3 is 2.89 bits per heavy atom. The van der Waals surface area contributed by atoms with Gasteiger partial charge in [-0.05, 0) is 56.3 Å². The Kier molecular flexibility index (Phi) is 6.96. The average Bonchev–Trinajstić information content (AvgIpc) is 2.46. The maximum absolute atomic E-state index is 5.30. The standard InChI is InChI=1S/C16H23NO.ClH/c1-17-16(11-13-7-4-3-5-8-13)14-9-6-10-15(12-14)18-2;/h4,6-7,9-10,12-13,16-17H,3,5,8,11H2,1-2H3;1H. The molecule has 106 valence electrons. The monoisotopic (exact) mass is 281 g/mol. The molecular formula is C16H24ClNO. The number of ether oxygens (including phenoxy) is 1. The third-order valence-electron chi connectivity index (χ3n) is 3.74. The summed E-state index contributed by atoms with van der Waals surface area (Å²) in [5.41, 5.74) is 1.32. The SMILES string of the molecule is CNC(CC1C=CCCC1)c1cccc(OC)c1.Cl. The number of hydrogen-bond acceptors (Lipinski definition) is 2. The fraction of sp³-hybridized carbons (Fsp3) is 0.500. The molecule has 1 N–H and O–H groups in total. The molecule has 0 saturated heterocycles. The second-order valence-corrected chi connectivity index (χ2v) is 4.97. The van der Waals surface area contributed by atoms with Gasteiger partial charge in [-0.25, -0.2) is 0 Å². The lowest BCUT2D eigenvalue weighted by molar-refractivity contribution is 0.406. The largest absolute Gasteiger partial charge is 0.497 e. The maximum atomic E-state index is 5.30. The van der Waals surface area contributed by atoms with Crippen molar-refractivity contribution in [3.05, 3.63) is 42.0 Å². The molecule has 0 fully saturated rings. The minimum atomic E-state index is 0. The third-order valence-corrected chi connectivity index (χ3v) is 3.74. The summed E-state index contributed by atoms with van der Waals surface area (Å²) in [5.74, 6) is 1.65. The molecule has 0 heterocycles. The molecule has 0 aromatic heterocycles. The molecule has 2 rings (SSSR count). The number of rotatable bonds is 5. The first-order chi connectivity index (χ1) is 8.83. The zero-order valence-corrected chi connectivity index (χ0v) is 12.6. The van der Waals surface area contributed by atoms with E-state index in [4.69, 9.17) is 4.74 Å². The van der Waals surface area contributed by atoms with E-state index in [2.05, 4.69) is 35.7 Å². The predicted molar refractivity (Wildman–Crippen MR) is 83.1 cm³/mol. The predicted octanol–water partition coefficient (Wildman–Crippen LogP) is 4.12. The number of halogens is 1. The van der Waals surface area contributed by atoms with E-state index in [1.165, 1.54) is 31.2 Å². The Morgan fingerprint density at radius 1 is 1.42 bits per heavy atom. The van der Waals surface area contributed by atoms with Crippen LogP contribution in [-0.2, 0) is 0 Å². The molecule has 0 saturated carbocycles. The van der Waals surface area contributed by atoms with Crippen molar-refractivity contribution in [3.63, 3.8) is 0 Å². The minimum absolute atomic E-state index is 0. The summed E-state index contributed by atoms with van der Waals surface area (Å²) in [6, 6.07) is 8.78. The molecule has 0 spiro atoms. The summed E-state index contributed by atoms with van der Waals surface area (Å²) in [5, 5.41) is 3.43. The van der Waals surface area contributed by atoms with Crippen molar-refractivity contribution in [1.82, 2.24) is 5.32 Å². The zero-order chi connectivity index (χ0) is 12.8. The quantitative estimate of drug-likeness (QED) is 0.820. The van der Waals surface area contributed by atoms with Gasteiger partial charge in [0.1, 0.15) is 5.75 Å². The highest BCUT2D eigenvalue weighted by molar-refractivity contribution is 5.85. The number of benzene rings is 1. The molecule has 0 amide bonds. The summed E-state index contributed by atoms with van der Waals surface area (Å²) in [6.45, 7) is 0. The molecule has 0 bridgehead atoms. The van der Waals surface area contributed by atoms with Gasteiger partial charge in [0.2, 0.25) is 0 Å². The molecule has 1 aliphatic rings. The number of methoxy groups -OCH3 is 1. The van der Waals surface area contributed by atoms with Crippen LogP contribution < -0.4 is 10.1 Å². The van der Waals surface area contributed by atoms with Crippen LogP contribution in [0.5, 0.6) is 5.75 Å². The van der Waals surface area contributed by atoms with E-state index in [1.54, 1.807) is 7.11 Å². The van der Waals surface area contributed by atoms with Gasteiger partial charge >= 0.3 is 0 Å². The fourth-order valence-electron chi connectivity index (χ4n) is 2.66. The van der Waals surface area contributed by atoms with Gasteiger partial charge in [0.25, 0.3) is 0 Å². The van der Waals surface area contributed by atoms with Crippen molar-refractivity contribution >= 4 is 12.4 Å². The fourth-order valence-corrected chi connectivity index (χ4v) is 2.66. The highest BCUT2D eigenvalue weighted by atomic mass is 35.5. The van der Waals surface area contributed by atoms with Crippen LogP contribution >= 0.6 is 12.4 Å². The molecule has 1 aromatic rings. The highest BCUT2D eigenvalue weighted by Crippen LogP contribution is 2.29. The molecule has 2 atom stereocenters. The van der Waals surface area contributed by atoms with E-state index >= 15 is 0 Å². The topological polar surface area (TPSA) is 21.3 Å². The first-order valence-electron chi connectivity index (χ1n) is 6.81. The first kappa shape index (κ1) is 16.1. The molecule has 19 heavy (non-hydrogen) atoms. The molecule has 1 aliphatic carbocycles. The maximum Gasteiger partial charge on any atom is 0.119 e. The number of allylic oxidation sites excluding steroid dienone is 2. The molecule has 2 unspecified atom stereocenters. The summed E-state index contributed by atoms with van der Waals surface area (Å²) >= 11 is 0. The Hall–Kier alpha value is -0.990. The zero-order valence-electron chi connectivity index (χ0n) is 11.8. The van der Waals surface area contributed by atoms with Crippen LogP contribution in [0.4, 0.5) is 0 Å². The molecule has 0 radical (unpaired) electrons. The van der Waals surface area contributed by atoms with Gasteiger partial charge in [0.15, 0.2) is 0 Å². The van der Waals surface area contributed by atoms with Crippen molar-refractivity contribution < 1.29 is 4.74 Å². The second kappa shape index (κ2) is 8.23. The lowest BCUT2D eigenvalue weighted by atomic mass is 9.88. The Morgan fingerprint density at radius 2 is 2.26 bits per heavy atom. The van der Waals surface area contributed by atoms with E-state index in [0.29, 0.717) is 12.0 Å². The van der Waals surface area contributed by atoms with Gasteiger partial charge in [-0.1, -0.05) is 24.3 Å². The van der Waals surface area contributed by atoms with Crippen molar-refractivity contribution in [2.75, 3.05) is 14.2 Å². The van der Waals surface area contributed by atoms with Crippen LogP contribution in [0.1, 0.15) is 37.3 Å². The summed E-state index contributed by atoms with van der Waals surface area (Å²) in [7, 11) is 3.76. The lowest BCUT2D eigenvalue weighted by Gasteiger charge is -2.23. The van der Waals surface area contributed by atoms with E-state index in [0.717, 1.165) is 5.75 Å². The van der Waals surface area contributed by atoms with E-state index in [1.807, 2.05) is 13.1 Å². The van der Waals surface area contributed by atoms with Crippen LogP contribution in [0.3, 0.4) is 0 Å². The Labute approximate surface area is 122 Å². The second-order valence-electron chi connectivity index (χ2n) is 4.97. The molecule has 1 aromatic carbocycles. The summed E-state index contributed by atoms with van der Waals surface area (Å²) < 4.78 is 5.30. The number of nitrogens with one attached hydrogen (secondary N) is 1. The van der Waals surface area contributed by atoms with Gasteiger partial charge in [0, 0.05) is 6.04 Å². The highest BCUT2D eigenvalue weighted by Gasteiger charge is 2.16. The van der Waals surface area contributed by atoms with Gasteiger partial charge in [-0.2, -0.15) is 0 Å². The Bertz CT molecular complexity index is 405. The van der Waals surface area contributed by atoms with Gasteiger partial charge in [-0.15, -0.1) is 12.4 Å². The molecule has 0 aliphatic heterocycles. The van der Waals surface area contributed by atoms with Crippen molar-refractivity contribution in [3.8, 4) is 5.75 Å². The van der Waals surface area contributed by atoms with Gasteiger partial charge in [0.05, 0.1) is 7.11 Å². The number of hydrogen-bond donors (Lipinski definition) is 1. The van der Waals surface area contributed by atoms with E-state index in [9.17, 15) is 0 Å². The molecular weight excluding hydrogens is 258 g/mol.